The van der Waals surface area contributed by atoms with Gasteiger partial charge in [-0.25, -0.2) is 4.79 Å². The molecule has 3 atom stereocenters. The van der Waals surface area contributed by atoms with Gasteiger partial charge in [0.2, 0.25) is 0 Å². The molecule has 0 aliphatic carbocycles. The van der Waals surface area contributed by atoms with E-state index in [1.54, 1.807) is 0 Å². The Morgan fingerprint density at radius 1 is 1.45 bits per heavy atom. The average Bonchev–Trinajstić information content (AvgIpc) is 3.05. The Labute approximate surface area is 129 Å². The van der Waals surface area contributed by atoms with Crippen molar-refractivity contribution >= 4 is 11.3 Å². The number of nitrogens with zero attached hydrogens (tertiary/aromatic N) is 1. The maximum absolute atomic E-state index is 12.0. The zero-order valence-electron chi connectivity index (χ0n) is 11.9. The van der Waals surface area contributed by atoms with Crippen molar-refractivity contribution in [2.24, 2.45) is 0 Å². The topological polar surface area (TPSA) is 105 Å². The number of aromatic nitrogens is 2. The summed E-state index contributed by atoms with van der Waals surface area (Å²) < 4.78 is 6.72. The Bertz CT molecular complexity index is 793. The van der Waals surface area contributed by atoms with Crippen molar-refractivity contribution in [3.63, 3.8) is 0 Å². The second-order valence-electron chi connectivity index (χ2n) is 5.23. The molecule has 3 rings (SSSR count). The number of aromatic amines is 1. The van der Waals surface area contributed by atoms with Crippen LogP contribution in [0.15, 0.2) is 27.9 Å². The number of hydrogen-bond donors (Lipinski definition) is 3. The lowest BCUT2D eigenvalue weighted by atomic mass is 10.2. The summed E-state index contributed by atoms with van der Waals surface area (Å²) in [6.45, 7) is 1.60. The van der Waals surface area contributed by atoms with Gasteiger partial charge < -0.3 is 14.9 Å². The number of aliphatic hydroxyl groups is 2. The minimum absolute atomic E-state index is 0.181. The molecule has 0 spiro atoms. The van der Waals surface area contributed by atoms with E-state index in [4.69, 9.17) is 9.84 Å². The smallest absolute Gasteiger partial charge is 0.330 e. The third kappa shape index (κ3) is 2.66. The number of aryl methyl sites for hydroxylation is 1. The molecule has 2 aromatic heterocycles. The maximum atomic E-state index is 12.0. The fraction of sp³-hybridized carbons (Fsp3) is 0.429. The van der Waals surface area contributed by atoms with Crippen molar-refractivity contribution in [1.29, 1.82) is 0 Å². The van der Waals surface area contributed by atoms with Crippen LogP contribution in [0.4, 0.5) is 0 Å². The highest BCUT2D eigenvalue weighted by Gasteiger charge is 2.35. The number of nitrogens with one attached hydrogen (secondary N) is 1. The minimum atomic E-state index is -0.846. The summed E-state index contributed by atoms with van der Waals surface area (Å²) in [5, 5.41) is 18.9. The molecule has 2 aromatic rings. The first kappa shape index (κ1) is 15.2. The summed E-state index contributed by atoms with van der Waals surface area (Å²) in [6.07, 6.45) is -0.655. The van der Waals surface area contributed by atoms with Crippen LogP contribution in [0.1, 0.15) is 17.5 Å². The van der Waals surface area contributed by atoms with Crippen LogP contribution < -0.4 is 11.2 Å². The SMILES string of the molecule is Cc1ccc(-c2cn([C@@H]3CC(O)C(CO)O3)c(=O)[nH]c2=O)s1. The first-order valence-corrected chi connectivity index (χ1v) is 7.68. The van der Waals surface area contributed by atoms with Gasteiger partial charge in [0.1, 0.15) is 12.3 Å². The molecule has 3 N–H and O–H groups in total. The molecule has 1 aliphatic rings. The molecule has 2 unspecified atom stereocenters. The van der Waals surface area contributed by atoms with Crippen LogP contribution in [0.5, 0.6) is 0 Å². The lowest BCUT2D eigenvalue weighted by Crippen LogP contribution is -2.33. The van der Waals surface area contributed by atoms with Gasteiger partial charge in [0.05, 0.1) is 18.3 Å². The summed E-state index contributed by atoms with van der Waals surface area (Å²) in [5.41, 5.74) is -0.679. The van der Waals surface area contributed by atoms with E-state index < -0.39 is 29.7 Å². The molecule has 7 nitrogen and oxygen atoms in total. The molecule has 1 fully saturated rings. The van der Waals surface area contributed by atoms with Crippen molar-refractivity contribution in [3.8, 4) is 10.4 Å². The van der Waals surface area contributed by atoms with Gasteiger partial charge in [-0.1, -0.05) is 0 Å². The molecule has 0 radical (unpaired) electrons. The second-order valence-corrected chi connectivity index (χ2v) is 6.52. The van der Waals surface area contributed by atoms with Crippen LogP contribution in [0.2, 0.25) is 0 Å². The van der Waals surface area contributed by atoms with E-state index in [1.165, 1.54) is 22.1 Å². The Balaban J connectivity index is 2.03. The molecule has 3 heterocycles. The molecule has 0 amide bonds. The average molecular weight is 324 g/mol. The molecule has 0 aromatic carbocycles. The zero-order chi connectivity index (χ0) is 15.9. The minimum Gasteiger partial charge on any atom is -0.394 e. The summed E-state index contributed by atoms with van der Waals surface area (Å²) in [7, 11) is 0. The van der Waals surface area contributed by atoms with E-state index >= 15 is 0 Å². The van der Waals surface area contributed by atoms with E-state index in [0.29, 0.717) is 5.56 Å². The van der Waals surface area contributed by atoms with Crippen molar-refractivity contribution in [2.45, 2.75) is 31.8 Å². The van der Waals surface area contributed by atoms with Crippen LogP contribution in [-0.4, -0.2) is 38.6 Å². The number of rotatable bonds is 3. The van der Waals surface area contributed by atoms with E-state index in [9.17, 15) is 14.7 Å². The van der Waals surface area contributed by atoms with E-state index in [1.807, 2.05) is 19.1 Å². The first-order valence-electron chi connectivity index (χ1n) is 6.86. The van der Waals surface area contributed by atoms with Crippen LogP contribution in [0.3, 0.4) is 0 Å². The highest BCUT2D eigenvalue weighted by atomic mass is 32.1. The van der Waals surface area contributed by atoms with Gasteiger partial charge in [-0.3, -0.25) is 14.3 Å². The molecule has 0 saturated carbocycles. The predicted molar refractivity (Wildman–Crippen MR) is 81.0 cm³/mol. The number of hydrogen-bond acceptors (Lipinski definition) is 6. The summed E-state index contributed by atoms with van der Waals surface area (Å²) in [4.78, 5) is 28.1. The fourth-order valence-electron chi connectivity index (χ4n) is 2.50. The zero-order valence-corrected chi connectivity index (χ0v) is 12.7. The third-order valence-corrected chi connectivity index (χ3v) is 4.70. The predicted octanol–water partition coefficient (Wildman–Crippen LogP) is 0.214. The van der Waals surface area contributed by atoms with Crippen molar-refractivity contribution in [2.75, 3.05) is 6.61 Å². The van der Waals surface area contributed by atoms with Gasteiger partial charge in [0, 0.05) is 22.4 Å². The normalized spacial score (nSPS) is 24.8. The molecule has 1 saturated heterocycles. The maximum Gasteiger partial charge on any atom is 0.330 e. The Kier molecular flexibility index (Phi) is 4.00. The van der Waals surface area contributed by atoms with Gasteiger partial charge in [-0.15, -0.1) is 11.3 Å². The van der Waals surface area contributed by atoms with E-state index in [2.05, 4.69) is 4.98 Å². The summed E-state index contributed by atoms with van der Waals surface area (Å²) >= 11 is 1.45. The number of thiophene rings is 1. The first-order chi connectivity index (χ1) is 10.5. The monoisotopic (exact) mass is 324 g/mol. The molecule has 22 heavy (non-hydrogen) atoms. The highest BCUT2D eigenvalue weighted by Crippen LogP contribution is 2.29. The van der Waals surface area contributed by atoms with Crippen LogP contribution >= 0.6 is 11.3 Å². The summed E-state index contributed by atoms with van der Waals surface area (Å²) in [5.74, 6) is 0. The van der Waals surface area contributed by atoms with Gasteiger partial charge in [-0.05, 0) is 19.1 Å². The van der Waals surface area contributed by atoms with Gasteiger partial charge >= 0.3 is 5.69 Å². The van der Waals surface area contributed by atoms with Gasteiger partial charge in [-0.2, -0.15) is 0 Å². The fourth-order valence-corrected chi connectivity index (χ4v) is 3.38. The van der Waals surface area contributed by atoms with E-state index in [0.717, 1.165) is 9.75 Å². The second kappa shape index (κ2) is 5.81. The molecule has 0 bridgehead atoms. The van der Waals surface area contributed by atoms with Crippen molar-refractivity contribution in [3.05, 3.63) is 44.0 Å². The molecule has 1 aliphatic heterocycles. The lowest BCUT2D eigenvalue weighted by molar-refractivity contribution is -0.0458. The Morgan fingerprint density at radius 3 is 2.82 bits per heavy atom. The highest BCUT2D eigenvalue weighted by molar-refractivity contribution is 7.15. The van der Waals surface area contributed by atoms with E-state index in [-0.39, 0.29) is 13.0 Å². The number of aliphatic hydroxyl groups excluding tert-OH is 2. The molecule has 8 heteroatoms. The number of H-pyrrole nitrogens is 1. The van der Waals surface area contributed by atoms with Crippen LogP contribution in [0.25, 0.3) is 10.4 Å². The summed E-state index contributed by atoms with van der Waals surface area (Å²) in [6, 6.07) is 3.72. The standard InChI is InChI=1S/C14H16N2O5S/c1-7-2-3-11(22-7)8-5-16(14(20)15-13(8)19)12-4-9(18)10(6-17)21-12/h2-3,5,9-10,12,17-18H,4,6H2,1H3,(H,15,19,20)/t9?,10?,12-/m0/s1. The van der Waals surface area contributed by atoms with Crippen LogP contribution in [-0.2, 0) is 4.74 Å². The largest absolute Gasteiger partial charge is 0.394 e. The quantitative estimate of drug-likeness (QED) is 0.749. The number of ether oxygens (including phenoxy) is 1. The molecule has 118 valence electrons. The lowest BCUT2D eigenvalue weighted by Gasteiger charge is -2.15. The Hall–Kier alpha value is -1.74. The molecular formula is C14H16N2O5S. The van der Waals surface area contributed by atoms with Gasteiger partial charge in [0.15, 0.2) is 0 Å². The third-order valence-electron chi connectivity index (χ3n) is 3.67. The van der Waals surface area contributed by atoms with Crippen molar-refractivity contribution < 1.29 is 14.9 Å². The Morgan fingerprint density at radius 2 is 2.23 bits per heavy atom. The molecular weight excluding hydrogens is 308 g/mol. The van der Waals surface area contributed by atoms with Crippen molar-refractivity contribution in [1.82, 2.24) is 9.55 Å². The van der Waals surface area contributed by atoms with Crippen LogP contribution in [0, 0.1) is 6.92 Å². The van der Waals surface area contributed by atoms with Gasteiger partial charge in [0.25, 0.3) is 5.56 Å².